The second-order valence-corrected chi connectivity index (χ2v) is 6.73. The van der Waals surface area contributed by atoms with Crippen molar-refractivity contribution < 1.29 is 0 Å². The summed E-state index contributed by atoms with van der Waals surface area (Å²) in [7, 11) is 0. The molecule has 0 spiro atoms. The van der Waals surface area contributed by atoms with Crippen LogP contribution in [0.2, 0.25) is 0 Å². The fraction of sp³-hybridized carbons (Fsp3) is 1.00. The SMILES string of the molecule is CC1CC(C)C(C)N(CCN2CCC(N)CC2)C1. The highest BCUT2D eigenvalue weighted by atomic mass is 15.2. The Balaban J connectivity index is 1.75. The van der Waals surface area contributed by atoms with Gasteiger partial charge in [-0.2, -0.15) is 0 Å². The normalized spacial score (nSPS) is 37.0. The molecular formula is C15H31N3. The first-order chi connectivity index (χ1) is 8.56. The van der Waals surface area contributed by atoms with Gasteiger partial charge in [0, 0.05) is 31.7 Å². The number of piperidine rings is 2. The Bertz CT molecular complexity index is 248. The standard InChI is InChI=1S/C15H31N3/c1-12-10-13(2)14(3)18(11-12)9-8-17-6-4-15(16)5-7-17/h12-15H,4-11,16H2,1-3H3. The van der Waals surface area contributed by atoms with Crippen molar-refractivity contribution in [2.75, 3.05) is 32.7 Å². The summed E-state index contributed by atoms with van der Waals surface area (Å²) >= 11 is 0. The minimum Gasteiger partial charge on any atom is -0.328 e. The Morgan fingerprint density at radius 2 is 1.72 bits per heavy atom. The molecule has 3 nitrogen and oxygen atoms in total. The van der Waals surface area contributed by atoms with E-state index in [9.17, 15) is 0 Å². The fourth-order valence-electron chi connectivity index (χ4n) is 3.57. The van der Waals surface area contributed by atoms with Gasteiger partial charge in [0.1, 0.15) is 0 Å². The summed E-state index contributed by atoms with van der Waals surface area (Å²) in [4.78, 5) is 5.30. The van der Waals surface area contributed by atoms with Crippen molar-refractivity contribution in [3.8, 4) is 0 Å². The summed E-state index contributed by atoms with van der Waals surface area (Å²) in [5, 5.41) is 0. The Hall–Kier alpha value is -0.120. The highest BCUT2D eigenvalue weighted by Crippen LogP contribution is 2.26. The molecule has 0 aromatic carbocycles. The zero-order valence-corrected chi connectivity index (χ0v) is 12.4. The first kappa shape index (κ1) is 14.3. The Morgan fingerprint density at radius 1 is 1.06 bits per heavy atom. The first-order valence-corrected chi connectivity index (χ1v) is 7.78. The zero-order chi connectivity index (χ0) is 13.1. The highest BCUT2D eigenvalue weighted by molar-refractivity contribution is 4.83. The molecule has 106 valence electrons. The van der Waals surface area contributed by atoms with Crippen LogP contribution in [-0.4, -0.2) is 54.6 Å². The van der Waals surface area contributed by atoms with Gasteiger partial charge in [-0.05, 0) is 51.1 Å². The number of nitrogens with zero attached hydrogens (tertiary/aromatic N) is 2. The van der Waals surface area contributed by atoms with Crippen LogP contribution in [0, 0.1) is 11.8 Å². The van der Waals surface area contributed by atoms with Crippen LogP contribution < -0.4 is 5.73 Å². The van der Waals surface area contributed by atoms with Crippen LogP contribution in [0.15, 0.2) is 0 Å². The zero-order valence-electron chi connectivity index (χ0n) is 12.4. The molecule has 3 atom stereocenters. The van der Waals surface area contributed by atoms with Crippen molar-refractivity contribution in [3.05, 3.63) is 0 Å². The maximum absolute atomic E-state index is 5.96. The van der Waals surface area contributed by atoms with E-state index in [0.29, 0.717) is 6.04 Å². The lowest BCUT2D eigenvalue weighted by Crippen LogP contribution is -2.49. The Kier molecular flexibility index (Phi) is 5.05. The topological polar surface area (TPSA) is 32.5 Å². The van der Waals surface area contributed by atoms with E-state index in [0.717, 1.165) is 17.9 Å². The quantitative estimate of drug-likeness (QED) is 0.832. The van der Waals surface area contributed by atoms with Crippen LogP contribution in [0.1, 0.15) is 40.0 Å². The fourth-order valence-corrected chi connectivity index (χ4v) is 3.57. The summed E-state index contributed by atoms with van der Waals surface area (Å²) < 4.78 is 0. The van der Waals surface area contributed by atoms with Gasteiger partial charge in [0.15, 0.2) is 0 Å². The average Bonchev–Trinajstić information content (AvgIpc) is 2.34. The molecule has 2 heterocycles. The lowest BCUT2D eigenvalue weighted by Gasteiger charge is -2.42. The molecule has 0 saturated carbocycles. The average molecular weight is 253 g/mol. The molecule has 2 fully saturated rings. The third-order valence-electron chi connectivity index (χ3n) is 5.06. The summed E-state index contributed by atoms with van der Waals surface area (Å²) in [6, 6.07) is 1.21. The van der Waals surface area contributed by atoms with E-state index in [-0.39, 0.29) is 0 Å². The van der Waals surface area contributed by atoms with Crippen molar-refractivity contribution in [2.45, 2.75) is 52.1 Å². The smallest absolute Gasteiger partial charge is 0.0112 e. The van der Waals surface area contributed by atoms with Gasteiger partial charge in [-0.1, -0.05) is 13.8 Å². The molecule has 2 N–H and O–H groups in total. The molecule has 3 unspecified atom stereocenters. The minimum absolute atomic E-state index is 0.454. The molecule has 0 radical (unpaired) electrons. The monoisotopic (exact) mass is 253 g/mol. The van der Waals surface area contributed by atoms with Crippen LogP contribution in [0.5, 0.6) is 0 Å². The molecular weight excluding hydrogens is 222 g/mol. The minimum atomic E-state index is 0.454. The summed E-state index contributed by atoms with van der Waals surface area (Å²) in [6.07, 6.45) is 3.76. The lowest BCUT2D eigenvalue weighted by atomic mass is 9.86. The molecule has 18 heavy (non-hydrogen) atoms. The maximum Gasteiger partial charge on any atom is 0.0112 e. The highest BCUT2D eigenvalue weighted by Gasteiger charge is 2.28. The Morgan fingerprint density at radius 3 is 2.39 bits per heavy atom. The van der Waals surface area contributed by atoms with Gasteiger partial charge < -0.3 is 10.6 Å². The number of hydrogen-bond donors (Lipinski definition) is 1. The van der Waals surface area contributed by atoms with Crippen LogP contribution in [0.25, 0.3) is 0 Å². The molecule has 2 aliphatic rings. The molecule has 0 aromatic rings. The second kappa shape index (κ2) is 6.36. The molecule has 2 aliphatic heterocycles. The van der Waals surface area contributed by atoms with Gasteiger partial charge in [0.2, 0.25) is 0 Å². The van der Waals surface area contributed by atoms with Crippen molar-refractivity contribution in [1.29, 1.82) is 0 Å². The van der Waals surface area contributed by atoms with Crippen LogP contribution >= 0.6 is 0 Å². The number of rotatable bonds is 3. The van der Waals surface area contributed by atoms with Crippen LogP contribution in [-0.2, 0) is 0 Å². The van der Waals surface area contributed by atoms with E-state index < -0.39 is 0 Å². The van der Waals surface area contributed by atoms with Crippen LogP contribution in [0.3, 0.4) is 0 Å². The van der Waals surface area contributed by atoms with Gasteiger partial charge in [-0.3, -0.25) is 4.90 Å². The molecule has 3 heteroatoms. The predicted octanol–water partition coefficient (Wildman–Crippen LogP) is 1.78. The third-order valence-corrected chi connectivity index (χ3v) is 5.06. The molecule has 2 saturated heterocycles. The second-order valence-electron chi connectivity index (χ2n) is 6.73. The molecule has 2 rings (SSSR count). The predicted molar refractivity (Wildman–Crippen MR) is 77.6 cm³/mol. The van der Waals surface area contributed by atoms with Crippen LogP contribution in [0.4, 0.5) is 0 Å². The van der Waals surface area contributed by atoms with Gasteiger partial charge in [0.25, 0.3) is 0 Å². The molecule has 0 aromatic heterocycles. The molecule has 0 aliphatic carbocycles. The van der Waals surface area contributed by atoms with Crippen molar-refractivity contribution in [2.24, 2.45) is 17.6 Å². The Labute approximate surface area is 113 Å². The maximum atomic E-state index is 5.96. The van der Waals surface area contributed by atoms with Gasteiger partial charge in [-0.25, -0.2) is 0 Å². The van der Waals surface area contributed by atoms with Gasteiger partial charge in [-0.15, -0.1) is 0 Å². The number of nitrogens with two attached hydrogens (primary N) is 1. The van der Waals surface area contributed by atoms with E-state index in [1.807, 2.05) is 0 Å². The number of likely N-dealkylation sites (tertiary alicyclic amines) is 2. The van der Waals surface area contributed by atoms with Gasteiger partial charge >= 0.3 is 0 Å². The van der Waals surface area contributed by atoms with E-state index in [1.165, 1.54) is 52.0 Å². The third kappa shape index (κ3) is 3.69. The summed E-state index contributed by atoms with van der Waals surface area (Å²) in [6.45, 7) is 13.4. The first-order valence-electron chi connectivity index (χ1n) is 7.78. The van der Waals surface area contributed by atoms with E-state index >= 15 is 0 Å². The number of hydrogen-bond acceptors (Lipinski definition) is 3. The summed E-state index contributed by atoms with van der Waals surface area (Å²) in [5.41, 5.74) is 5.96. The van der Waals surface area contributed by atoms with Crippen molar-refractivity contribution >= 4 is 0 Å². The summed E-state index contributed by atoms with van der Waals surface area (Å²) in [5.74, 6) is 1.72. The molecule has 0 amide bonds. The van der Waals surface area contributed by atoms with E-state index in [2.05, 4.69) is 30.6 Å². The van der Waals surface area contributed by atoms with Crippen molar-refractivity contribution in [3.63, 3.8) is 0 Å². The lowest BCUT2D eigenvalue weighted by molar-refractivity contribution is 0.0651. The van der Waals surface area contributed by atoms with Gasteiger partial charge in [0.05, 0.1) is 0 Å². The molecule has 0 bridgehead atoms. The van der Waals surface area contributed by atoms with E-state index in [4.69, 9.17) is 5.73 Å². The largest absolute Gasteiger partial charge is 0.328 e. The van der Waals surface area contributed by atoms with Crippen molar-refractivity contribution in [1.82, 2.24) is 9.80 Å². The van der Waals surface area contributed by atoms with E-state index in [1.54, 1.807) is 0 Å².